The molecule has 0 radical (unpaired) electrons. The summed E-state index contributed by atoms with van der Waals surface area (Å²) < 4.78 is 5.12. The molecule has 0 saturated carbocycles. The quantitative estimate of drug-likeness (QED) is 0.350. The molecule has 0 aliphatic heterocycles. The predicted octanol–water partition coefficient (Wildman–Crippen LogP) is 3.75. The molecule has 0 fully saturated rings. The van der Waals surface area contributed by atoms with Crippen molar-refractivity contribution in [1.82, 2.24) is 0 Å². The van der Waals surface area contributed by atoms with Gasteiger partial charge in [-0.25, -0.2) is 0 Å². The van der Waals surface area contributed by atoms with Gasteiger partial charge in [0.05, 0.1) is 7.11 Å². The topological polar surface area (TPSA) is 26.3 Å². The van der Waals surface area contributed by atoms with Gasteiger partial charge in [0, 0.05) is 6.42 Å². The molecule has 3 rings (SSSR count). The van der Waals surface area contributed by atoms with Crippen molar-refractivity contribution in [2.24, 2.45) is 5.92 Å². The maximum absolute atomic E-state index is 12.5. The largest absolute Gasteiger partial charge is 0.469 e. The molecule has 0 spiro atoms. The number of hydrogen-bond donors (Lipinski definition) is 0. The highest BCUT2D eigenvalue weighted by Crippen LogP contribution is 2.33. The van der Waals surface area contributed by atoms with E-state index in [0.29, 0.717) is 12.3 Å². The van der Waals surface area contributed by atoms with Gasteiger partial charge < -0.3 is 4.74 Å². The molecule has 1 atom stereocenters. The first-order valence-corrected chi connectivity index (χ1v) is 11.9. The first kappa shape index (κ1) is 20.1. The summed E-state index contributed by atoms with van der Waals surface area (Å²) in [5.74, 6) is 0.185. The number of ether oxygens (including phenoxy) is 1. The molecule has 0 amide bonds. The van der Waals surface area contributed by atoms with Crippen molar-refractivity contribution in [3.05, 3.63) is 91.0 Å². The first-order chi connectivity index (χ1) is 13.6. The monoisotopic (exact) mass is 388 g/mol. The summed E-state index contributed by atoms with van der Waals surface area (Å²) in [6.45, 7) is 4.45. The predicted molar refractivity (Wildman–Crippen MR) is 119 cm³/mol. The minimum Gasteiger partial charge on any atom is -0.469 e. The van der Waals surface area contributed by atoms with E-state index in [1.807, 2.05) is 0 Å². The van der Waals surface area contributed by atoms with Crippen molar-refractivity contribution < 1.29 is 9.53 Å². The van der Waals surface area contributed by atoms with Crippen LogP contribution in [0.25, 0.3) is 0 Å². The average Bonchev–Trinajstić information content (AvgIpc) is 2.75. The molecule has 144 valence electrons. The Hall–Kier alpha value is -2.65. The zero-order chi connectivity index (χ0) is 20.0. The number of benzene rings is 3. The normalized spacial score (nSPS) is 12.6. The van der Waals surface area contributed by atoms with Crippen LogP contribution in [0.4, 0.5) is 0 Å². The standard InChI is InChI=1S/C25H28O2Si/c1-20(2)24(19-25(26)27-3)28(21-13-7-4-8-14-21,22-15-9-5-10-16-22)23-17-11-6-12-18-23/h4-18,20,24H,19H2,1-3H3. The number of hydrogen-bond acceptors (Lipinski definition) is 2. The average molecular weight is 389 g/mol. The van der Waals surface area contributed by atoms with Gasteiger partial charge in [-0.15, -0.1) is 0 Å². The smallest absolute Gasteiger partial charge is 0.305 e. The minimum atomic E-state index is -2.50. The van der Waals surface area contributed by atoms with Gasteiger partial charge in [-0.1, -0.05) is 105 Å². The van der Waals surface area contributed by atoms with Crippen LogP contribution < -0.4 is 15.6 Å². The van der Waals surface area contributed by atoms with Crippen LogP contribution in [0, 0.1) is 5.92 Å². The van der Waals surface area contributed by atoms with Crippen LogP contribution in [0.5, 0.6) is 0 Å². The molecule has 3 aromatic rings. The van der Waals surface area contributed by atoms with Gasteiger partial charge in [0.1, 0.15) is 0 Å². The second-order valence-electron chi connectivity index (χ2n) is 7.54. The van der Waals surface area contributed by atoms with Gasteiger partial charge >= 0.3 is 5.97 Å². The molecule has 0 aliphatic carbocycles. The first-order valence-electron chi connectivity index (χ1n) is 9.84. The second kappa shape index (κ2) is 9.02. The maximum atomic E-state index is 12.5. The van der Waals surface area contributed by atoms with Crippen LogP contribution in [-0.2, 0) is 9.53 Å². The highest BCUT2D eigenvalue weighted by Gasteiger charge is 2.48. The Morgan fingerprint density at radius 1 is 0.750 bits per heavy atom. The van der Waals surface area contributed by atoms with E-state index in [2.05, 4.69) is 105 Å². The van der Waals surface area contributed by atoms with Crippen LogP contribution in [0.1, 0.15) is 20.3 Å². The Balaban J connectivity index is 2.37. The van der Waals surface area contributed by atoms with Crippen LogP contribution in [0.2, 0.25) is 5.54 Å². The number of carbonyl (C=O) groups is 1. The number of carbonyl (C=O) groups excluding carboxylic acids is 1. The molecule has 1 unspecified atom stereocenters. The molecule has 3 heteroatoms. The molecule has 28 heavy (non-hydrogen) atoms. The molecule has 0 saturated heterocycles. The summed E-state index contributed by atoms with van der Waals surface area (Å²) in [5, 5.41) is 3.99. The third kappa shape index (κ3) is 3.81. The summed E-state index contributed by atoms with van der Waals surface area (Å²) in [4.78, 5) is 12.5. The molecular weight excluding hydrogens is 360 g/mol. The Bertz CT molecular complexity index is 780. The summed E-state index contributed by atoms with van der Waals surface area (Å²) in [7, 11) is -1.01. The molecule has 2 nitrogen and oxygen atoms in total. The van der Waals surface area contributed by atoms with Crippen molar-refractivity contribution in [2.75, 3.05) is 7.11 Å². The van der Waals surface area contributed by atoms with Crippen LogP contribution in [0.15, 0.2) is 91.0 Å². The van der Waals surface area contributed by atoms with Crippen LogP contribution in [0.3, 0.4) is 0 Å². The summed E-state index contributed by atoms with van der Waals surface area (Å²) in [5.41, 5.74) is 0.173. The van der Waals surface area contributed by atoms with Crippen molar-refractivity contribution in [2.45, 2.75) is 25.8 Å². The molecule has 0 bridgehead atoms. The minimum absolute atomic E-state index is 0.140. The highest BCUT2D eigenvalue weighted by atomic mass is 28.3. The molecule has 0 aliphatic rings. The van der Waals surface area contributed by atoms with Crippen LogP contribution in [-0.4, -0.2) is 21.2 Å². The summed E-state index contributed by atoms with van der Waals surface area (Å²) in [6.07, 6.45) is 0.416. The van der Waals surface area contributed by atoms with E-state index in [9.17, 15) is 4.79 Å². The van der Waals surface area contributed by atoms with Crippen LogP contribution >= 0.6 is 0 Å². The van der Waals surface area contributed by atoms with E-state index in [1.165, 1.54) is 22.7 Å². The third-order valence-corrected chi connectivity index (χ3v) is 11.4. The Kier molecular flexibility index (Phi) is 6.48. The Morgan fingerprint density at radius 2 is 1.11 bits per heavy atom. The summed E-state index contributed by atoms with van der Waals surface area (Å²) >= 11 is 0. The SMILES string of the molecule is COC(=O)CC(C(C)C)[Si](c1ccccc1)(c1ccccc1)c1ccccc1. The van der Waals surface area contributed by atoms with Gasteiger partial charge in [-0.3, -0.25) is 4.79 Å². The van der Waals surface area contributed by atoms with E-state index in [1.54, 1.807) is 0 Å². The molecule has 0 aromatic heterocycles. The van der Waals surface area contributed by atoms with Crippen molar-refractivity contribution in [1.29, 1.82) is 0 Å². The molecule has 3 aromatic carbocycles. The lowest BCUT2D eigenvalue weighted by atomic mass is 10.1. The molecule has 0 N–H and O–H groups in total. The van der Waals surface area contributed by atoms with E-state index in [-0.39, 0.29) is 11.5 Å². The van der Waals surface area contributed by atoms with E-state index in [4.69, 9.17) is 4.74 Å². The molecule has 0 heterocycles. The number of methoxy groups -OCH3 is 1. The number of esters is 1. The summed E-state index contributed by atoms with van der Waals surface area (Å²) in [6, 6.07) is 32.2. The zero-order valence-electron chi connectivity index (χ0n) is 16.8. The van der Waals surface area contributed by atoms with Gasteiger partial charge in [-0.05, 0) is 27.0 Å². The van der Waals surface area contributed by atoms with Crippen molar-refractivity contribution >= 4 is 29.6 Å². The van der Waals surface area contributed by atoms with Gasteiger partial charge in [0.15, 0.2) is 8.07 Å². The second-order valence-corrected chi connectivity index (χ2v) is 11.6. The third-order valence-electron chi connectivity index (χ3n) is 5.66. The van der Waals surface area contributed by atoms with E-state index in [0.717, 1.165) is 0 Å². The lowest BCUT2D eigenvalue weighted by molar-refractivity contribution is -0.140. The fourth-order valence-corrected chi connectivity index (χ4v) is 10.3. The van der Waals surface area contributed by atoms with E-state index < -0.39 is 8.07 Å². The lowest BCUT2D eigenvalue weighted by Crippen LogP contribution is -2.70. The highest BCUT2D eigenvalue weighted by molar-refractivity contribution is 7.12. The fraction of sp³-hybridized carbons (Fsp3) is 0.240. The molecular formula is C25H28O2Si. The van der Waals surface area contributed by atoms with Gasteiger partial charge in [0.2, 0.25) is 0 Å². The Morgan fingerprint density at radius 3 is 1.39 bits per heavy atom. The number of rotatable bonds is 7. The van der Waals surface area contributed by atoms with Crippen molar-refractivity contribution in [3.8, 4) is 0 Å². The van der Waals surface area contributed by atoms with Gasteiger partial charge in [0.25, 0.3) is 0 Å². The van der Waals surface area contributed by atoms with E-state index >= 15 is 0 Å². The lowest BCUT2D eigenvalue weighted by Gasteiger charge is -2.42. The maximum Gasteiger partial charge on any atom is 0.305 e. The van der Waals surface area contributed by atoms with Crippen molar-refractivity contribution in [3.63, 3.8) is 0 Å². The van der Waals surface area contributed by atoms with Gasteiger partial charge in [-0.2, -0.15) is 0 Å². The Labute approximate surface area is 169 Å². The fourth-order valence-electron chi connectivity index (χ4n) is 4.40. The zero-order valence-corrected chi connectivity index (χ0v) is 17.8.